The molecule has 0 aromatic heterocycles. The van der Waals surface area contributed by atoms with E-state index in [4.69, 9.17) is 9.47 Å². The van der Waals surface area contributed by atoms with Gasteiger partial charge in [-0.15, -0.1) is 0 Å². The second-order valence-electron chi connectivity index (χ2n) is 6.85. The van der Waals surface area contributed by atoms with Crippen LogP contribution in [0.1, 0.15) is 51.7 Å². The molecule has 2 rings (SSSR count). The molecule has 0 N–H and O–H groups in total. The molecule has 1 amide bonds. The second kappa shape index (κ2) is 6.15. The summed E-state index contributed by atoms with van der Waals surface area (Å²) in [5.74, 6) is 0.443. The Kier molecular flexibility index (Phi) is 4.63. The summed E-state index contributed by atoms with van der Waals surface area (Å²) in [7, 11) is 0. The van der Waals surface area contributed by atoms with Crippen LogP contribution in [0.2, 0.25) is 0 Å². The van der Waals surface area contributed by atoms with E-state index in [9.17, 15) is 9.18 Å². The maximum atomic E-state index is 14.2. The number of hydrogen-bond donors (Lipinski definition) is 0. The normalized spacial score (nSPS) is 15.1. The van der Waals surface area contributed by atoms with Crippen molar-refractivity contribution in [1.29, 1.82) is 0 Å². The van der Waals surface area contributed by atoms with E-state index >= 15 is 0 Å². The van der Waals surface area contributed by atoms with Gasteiger partial charge in [0.1, 0.15) is 23.8 Å². The van der Waals surface area contributed by atoms with E-state index in [0.29, 0.717) is 24.5 Å². The SMILES string of the molecule is CC(C)c1ccc(F)c2c1OCCN(C(=O)OC(C)(C)C)C2. The first-order valence-electron chi connectivity index (χ1n) is 7.61. The van der Waals surface area contributed by atoms with Gasteiger partial charge in [-0.3, -0.25) is 0 Å². The molecule has 1 aliphatic heterocycles. The highest BCUT2D eigenvalue weighted by Gasteiger charge is 2.28. The molecule has 1 aliphatic rings. The van der Waals surface area contributed by atoms with Gasteiger partial charge >= 0.3 is 6.09 Å². The van der Waals surface area contributed by atoms with Crippen molar-refractivity contribution in [3.8, 4) is 5.75 Å². The topological polar surface area (TPSA) is 38.8 Å². The van der Waals surface area contributed by atoms with Crippen LogP contribution in [0.15, 0.2) is 12.1 Å². The van der Waals surface area contributed by atoms with Gasteiger partial charge in [-0.05, 0) is 38.3 Å². The van der Waals surface area contributed by atoms with Crippen molar-refractivity contribution in [3.63, 3.8) is 0 Å². The third kappa shape index (κ3) is 3.70. The van der Waals surface area contributed by atoms with E-state index in [-0.39, 0.29) is 18.3 Å². The van der Waals surface area contributed by atoms with Crippen LogP contribution in [0.3, 0.4) is 0 Å². The van der Waals surface area contributed by atoms with Gasteiger partial charge in [0.15, 0.2) is 0 Å². The van der Waals surface area contributed by atoms with Crippen LogP contribution in [0, 0.1) is 5.82 Å². The first-order valence-corrected chi connectivity index (χ1v) is 7.61. The minimum atomic E-state index is -0.578. The van der Waals surface area contributed by atoms with Gasteiger partial charge < -0.3 is 14.4 Å². The molecule has 0 saturated carbocycles. The average Bonchev–Trinajstić information content (AvgIpc) is 2.60. The Hall–Kier alpha value is -1.78. The van der Waals surface area contributed by atoms with Crippen LogP contribution in [-0.4, -0.2) is 29.7 Å². The summed E-state index contributed by atoms with van der Waals surface area (Å²) in [6, 6.07) is 3.19. The standard InChI is InChI=1S/C17H24FNO3/c1-11(2)12-6-7-14(18)13-10-19(8-9-21-15(12)13)16(20)22-17(3,4)5/h6-7,11H,8-10H2,1-5H3. The molecule has 0 atom stereocenters. The number of hydrogen-bond acceptors (Lipinski definition) is 3. The molecule has 0 aliphatic carbocycles. The number of halogens is 1. The molecule has 0 unspecified atom stereocenters. The maximum Gasteiger partial charge on any atom is 0.410 e. The lowest BCUT2D eigenvalue weighted by Gasteiger charge is -2.26. The number of carbonyl (C=O) groups excluding carboxylic acids is 1. The third-order valence-electron chi connectivity index (χ3n) is 3.46. The smallest absolute Gasteiger partial charge is 0.410 e. The largest absolute Gasteiger partial charge is 0.491 e. The summed E-state index contributed by atoms with van der Waals surface area (Å²) >= 11 is 0. The molecule has 5 heteroatoms. The number of carbonyl (C=O) groups is 1. The number of fused-ring (bicyclic) bond motifs is 1. The van der Waals surface area contributed by atoms with Crippen LogP contribution >= 0.6 is 0 Å². The summed E-state index contributed by atoms with van der Waals surface area (Å²) < 4.78 is 25.3. The number of benzene rings is 1. The summed E-state index contributed by atoms with van der Waals surface area (Å²) in [5.41, 5.74) is 0.808. The van der Waals surface area contributed by atoms with Crippen LogP contribution in [0.25, 0.3) is 0 Å². The highest BCUT2D eigenvalue weighted by atomic mass is 19.1. The lowest BCUT2D eigenvalue weighted by atomic mass is 9.98. The Balaban J connectivity index is 2.31. The van der Waals surface area contributed by atoms with Crippen LogP contribution in [-0.2, 0) is 11.3 Å². The maximum absolute atomic E-state index is 14.2. The number of ether oxygens (including phenoxy) is 2. The highest BCUT2D eigenvalue weighted by molar-refractivity contribution is 5.68. The Labute approximate surface area is 131 Å². The zero-order valence-electron chi connectivity index (χ0n) is 13.9. The van der Waals surface area contributed by atoms with E-state index in [2.05, 4.69) is 0 Å². The van der Waals surface area contributed by atoms with E-state index < -0.39 is 11.7 Å². The van der Waals surface area contributed by atoms with Gasteiger partial charge in [-0.25, -0.2) is 9.18 Å². The molecule has 0 radical (unpaired) electrons. The Morgan fingerprint density at radius 2 is 2.05 bits per heavy atom. The minimum Gasteiger partial charge on any atom is -0.491 e. The molecular weight excluding hydrogens is 285 g/mol. The Bertz CT molecular complexity index is 564. The molecule has 0 bridgehead atoms. The molecule has 4 nitrogen and oxygen atoms in total. The molecule has 122 valence electrons. The van der Waals surface area contributed by atoms with Gasteiger partial charge in [0, 0.05) is 5.56 Å². The second-order valence-corrected chi connectivity index (χ2v) is 6.85. The molecule has 1 heterocycles. The lowest BCUT2D eigenvalue weighted by Crippen LogP contribution is -2.37. The quantitative estimate of drug-likeness (QED) is 0.784. The number of nitrogens with zero attached hydrogens (tertiary/aromatic N) is 1. The van der Waals surface area contributed by atoms with Crippen molar-refractivity contribution in [2.45, 2.75) is 52.7 Å². The molecule has 0 saturated heterocycles. The molecule has 1 aromatic carbocycles. The van der Waals surface area contributed by atoms with Gasteiger partial charge in [0.05, 0.1) is 13.1 Å². The summed E-state index contributed by atoms with van der Waals surface area (Å²) in [4.78, 5) is 13.7. The molecule has 0 fully saturated rings. The fourth-order valence-corrected chi connectivity index (χ4v) is 2.40. The van der Waals surface area contributed by atoms with Gasteiger partial charge in [-0.2, -0.15) is 0 Å². The van der Waals surface area contributed by atoms with Gasteiger partial charge in [-0.1, -0.05) is 19.9 Å². The van der Waals surface area contributed by atoms with Crippen LogP contribution in [0.5, 0.6) is 5.75 Å². The number of rotatable bonds is 1. The van der Waals surface area contributed by atoms with Crippen molar-refractivity contribution in [3.05, 3.63) is 29.1 Å². The summed E-state index contributed by atoms with van der Waals surface area (Å²) in [6.45, 7) is 10.4. The van der Waals surface area contributed by atoms with Crippen molar-refractivity contribution < 1.29 is 18.7 Å². The fourth-order valence-electron chi connectivity index (χ4n) is 2.40. The van der Waals surface area contributed by atoms with Crippen LogP contribution in [0.4, 0.5) is 9.18 Å². The minimum absolute atomic E-state index is 0.163. The van der Waals surface area contributed by atoms with Crippen molar-refractivity contribution in [1.82, 2.24) is 4.90 Å². The van der Waals surface area contributed by atoms with Gasteiger partial charge in [0.25, 0.3) is 0 Å². The first kappa shape index (κ1) is 16.6. The predicted octanol–water partition coefficient (Wildman–Crippen LogP) is 4.08. The van der Waals surface area contributed by atoms with E-state index in [1.165, 1.54) is 11.0 Å². The molecule has 22 heavy (non-hydrogen) atoms. The Morgan fingerprint density at radius 1 is 1.36 bits per heavy atom. The molecular formula is C17H24FNO3. The molecule has 1 aromatic rings. The van der Waals surface area contributed by atoms with Crippen molar-refractivity contribution in [2.75, 3.05) is 13.2 Å². The zero-order chi connectivity index (χ0) is 16.5. The molecule has 0 spiro atoms. The predicted molar refractivity (Wildman–Crippen MR) is 82.6 cm³/mol. The zero-order valence-corrected chi connectivity index (χ0v) is 13.9. The van der Waals surface area contributed by atoms with E-state index in [0.717, 1.165) is 5.56 Å². The summed E-state index contributed by atoms with van der Waals surface area (Å²) in [6.07, 6.45) is -0.446. The monoisotopic (exact) mass is 309 g/mol. The van der Waals surface area contributed by atoms with Crippen LogP contribution < -0.4 is 4.74 Å². The fraction of sp³-hybridized carbons (Fsp3) is 0.588. The van der Waals surface area contributed by atoms with E-state index in [1.807, 2.05) is 34.6 Å². The average molecular weight is 309 g/mol. The van der Waals surface area contributed by atoms with Crippen molar-refractivity contribution in [2.24, 2.45) is 0 Å². The van der Waals surface area contributed by atoms with E-state index in [1.54, 1.807) is 6.07 Å². The first-order chi connectivity index (χ1) is 10.2. The third-order valence-corrected chi connectivity index (χ3v) is 3.46. The van der Waals surface area contributed by atoms with Crippen molar-refractivity contribution >= 4 is 6.09 Å². The van der Waals surface area contributed by atoms with Gasteiger partial charge in [0.2, 0.25) is 0 Å². The lowest BCUT2D eigenvalue weighted by molar-refractivity contribution is 0.0224. The summed E-state index contributed by atoms with van der Waals surface area (Å²) in [5, 5.41) is 0. The highest BCUT2D eigenvalue weighted by Crippen LogP contribution is 2.34. The number of amides is 1. The Morgan fingerprint density at radius 3 is 2.64 bits per heavy atom.